The molecule has 148 valence electrons. The van der Waals surface area contributed by atoms with E-state index in [4.69, 9.17) is 0 Å². The average Bonchev–Trinajstić information content (AvgIpc) is 3.03. The fraction of sp³-hybridized carbons (Fsp3) is 0.409. The van der Waals surface area contributed by atoms with Crippen LogP contribution in [0.4, 0.5) is 0 Å². The SMILES string of the molecule is CN1CCN(C(=O)CC(c2ccccc2)c2ccccc2)[C@@H]2CS(=O)(=O)C[C@@H]21. The lowest BCUT2D eigenvalue weighted by molar-refractivity contribution is -0.136. The van der Waals surface area contributed by atoms with Crippen LogP contribution in [0.5, 0.6) is 0 Å². The molecule has 2 atom stereocenters. The Hall–Kier alpha value is -2.18. The largest absolute Gasteiger partial charge is 0.336 e. The van der Waals surface area contributed by atoms with Gasteiger partial charge in [-0.25, -0.2) is 8.42 Å². The standard InChI is InChI=1S/C22H26N2O3S/c1-23-12-13-24(21-16-28(26,27)15-20(21)23)22(25)14-19(17-8-4-2-5-9-17)18-10-6-3-7-11-18/h2-11,19-21H,12-16H2,1H3/t20-,21+/m0/s1. The zero-order valence-corrected chi connectivity index (χ0v) is 16.9. The van der Waals surface area contributed by atoms with Gasteiger partial charge in [0.1, 0.15) is 0 Å². The summed E-state index contributed by atoms with van der Waals surface area (Å²) in [6, 6.07) is 19.8. The van der Waals surface area contributed by atoms with Crippen molar-refractivity contribution in [3.8, 4) is 0 Å². The molecule has 0 bridgehead atoms. The Morgan fingerprint density at radius 1 is 0.929 bits per heavy atom. The number of hydrogen-bond donors (Lipinski definition) is 0. The smallest absolute Gasteiger partial charge is 0.223 e. The summed E-state index contributed by atoms with van der Waals surface area (Å²) in [5, 5.41) is 0. The van der Waals surface area contributed by atoms with Gasteiger partial charge in [0.25, 0.3) is 0 Å². The van der Waals surface area contributed by atoms with Gasteiger partial charge in [-0.1, -0.05) is 60.7 Å². The van der Waals surface area contributed by atoms with E-state index in [-0.39, 0.29) is 35.4 Å². The van der Waals surface area contributed by atoms with E-state index in [2.05, 4.69) is 29.2 Å². The number of benzene rings is 2. The number of hydrogen-bond acceptors (Lipinski definition) is 4. The lowest BCUT2D eigenvalue weighted by atomic mass is 9.87. The van der Waals surface area contributed by atoms with Gasteiger partial charge in [0.05, 0.1) is 17.5 Å². The van der Waals surface area contributed by atoms with Crippen molar-refractivity contribution < 1.29 is 13.2 Å². The van der Waals surface area contributed by atoms with Crippen molar-refractivity contribution in [2.24, 2.45) is 0 Å². The number of amides is 1. The minimum absolute atomic E-state index is 0.0361. The molecule has 2 fully saturated rings. The van der Waals surface area contributed by atoms with Crippen LogP contribution in [0.2, 0.25) is 0 Å². The molecule has 2 aliphatic heterocycles. The van der Waals surface area contributed by atoms with Gasteiger partial charge in [-0.3, -0.25) is 9.69 Å². The first-order valence-corrected chi connectivity index (χ1v) is 11.6. The molecule has 2 heterocycles. The maximum atomic E-state index is 13.3. The molecule has 5 nitrogen and oxygen atoms in total. The molecule has 4 rings (SSSR count). The molecule has 0 spiro atoms. The highest BCUT2D eigenvalue weighted by Gasteiger charge is 2.47. The number of piperazine rings is 1. The number of carbonyl (C=O) groups excluding carboxylic acids is 1. The van der Waals surface area contributed by atoms with Crippen LogP contribution in [-0.4, -0.2) is 67.9 Å². The van der Waals surface area contributed by atoms with Crippen LogP contribution in [0, 0.1) is 0 Å². The third kappa shape index (κ3) is 3.84. The highest BCUT2D eigenvalue weighted by atomic mass is 32.2. The minimum Gasteiger partial charge on any atom is -0.336 e. The van der Waals surface area contributed by atoms with Crippen LogP contribution < -0.4 is 0 Å². The van der Waals surface area contributed by atoms with Gasteiger partial charge in [0.2, 0.25) is 5.91 Å². The zero-order valence-electron chi connectivity index (χ0n) is 16.1. The van der Waals surface area contributed by atoms with Crippen molar-refractivity contribution in [1.29, 1.82) is 0 Å². The molecule has 2 aliphatic rings. The molecule has 1 amide bonds. The molecule has 0 saturated carbocycles. The monoisotopic (exact) mass is 398 g/mol. The van der Waals surface area contributed by atoms with Crippen LogP contribution >= 0.6 is 0 Å². The van der Waals surface area contributed by atoms with Crippen molar-refractivity contribution in [2.45, 2.75) is 24.4 Å². The Bertz CT molecular complexity index is 891. The predicted molar refractivity (Wildman–Crippen MR) is 110 cm³/mol. The van der Waals surface area contributed by atoms with E-state index >= 15 is 0 Å². The first kappa shape index (κ1) is 19.2. The van der Waals surface area contributed by atoms with Crippen molar-refractivity contribution in [3.05, 3.63) is 71.8 Å². The highest BCUT2D eigenvalue weighted by molar-refractivity contribution is 7.91. The third-order valence-electron chi connectivity index (χ3n) is 6.06. The molecule has 28 heavy (non-hydrogen) atoms. The summed E-state index contributed by atoms with van der Waals surface area (Å²) >= 11 is 0. The number of rotatable bonds is 4. The summed E-state index contributed by atoms with van der Waals surface area (Å²) in [7, 11) is -1.14. The first-order chi connectivity index (χ1) is 13.4. The molecule has 0 radical (unpaired) electrons. The van der Waals surface area contributed by atoms with E-state index < -0.39 is 9.84 Å². The van der Waals surface area contributed by atoms with Gasteiger partial charge in [0, 0.05) is 31.5 Å². The van der Waals surface area contributed by atoms with Gasteiger partial charge >= 0.3 is 0 Å². The molecular weight excluding hydrogens is 372 g/mol. The Balaban J connectivity index is 1.60. The average molecular weight is 399 g/mol. The van der Waals surface area contributed by atoms with Crippen LogP contribution in [0.1, 0.15) is 23.5 Å². The molecule has 0 unspecified atom stereocenters. The number of likely N-dealkylation sites (N-methyl/N-ethyl adjacent to an activating group) is 1. The number of nitrogens with zero attached hydrogens (tertiary/aromatic N) is 2. The summed E-state index contributed by atoms with van der Waals surface area (Å²) < 4.78 is 24.4. The van der Waals surface area contributed by atoms with Crippen LogP contribution in [0.15, 0.2) is 60.7 Å². The van der Waals surface area contributed by atoms with E-state index in [1.807, 2.05) is 48.3 Å². The van der Waals surface area contributed by atoms with E-state index in [1.54, 1.807) is 0 Å². The Kier molecular flexibility index (Phi) is 5.25. The lowest BCUT2D eigenvalue weighted by Gasteiger charge is -2.42. The molecule has 0 aromatic heterocycles. The van der Waals surface area contributed by atoms with Crippen LogP contribution in [0.3, 0.4) is 0 Å². The van der Waals surface area contributed by atoms with Gasteiger partial charge in [-0.15, -0.1) is 0 Å². The number of carbonyl (C=O) groups is 1. The van der Waals surface area contributed by atoms with Gasteiger partial charge < -0.3 is 4.90 Å². The summed E-state index contributed by atoms with van der Waals surface area (Å²) in [5.74, 6) is 0.234. The van der Waals surface area contributed by atoms with E-state index in [1.165, 1.54) is 0 Å². The van der Waals surface area contributed by atoms with Crippen molar-refractivity contribution in [3.63, 3.8) is 0 Å². The van der Waals surface area contributed by atoms with Crippen molar-refractivity contribution in [1.82, 2.24) is 9.80 Å². The van der Waals surface area contributed by atoms with E-state index in [9.17, 15) is 13.2 Å². The molecule has 0 aliphatic carbocycles. The summed E-state index contributed by atoms with van der Waals surface area (Å²) in [6.07, 6.45) is 0.348. The second kappa shape index (κ2) is 7.68. The van der Waals surface area contributed by atoms with Crippen molar-refractivity contribution in [2.75, 3.05) is 31.6 Å². The number of sulfone groups is 1. The quantitative estimate of drug-likeness (QED) is 0.792. The predicted octanol–water partition coefficient (Wildman–Crippen LogP) is 2.15. The molecule has 6 heteroatoms. The summed E-state index contributed by atoms with van der Waals surface area (Å²) in [6.45, 7) is 1.30. The normalized spacial score (nSPS) is 24.3. The van der Waals surface area contributed by atoms with Gasteiger partial charge in [-0.2, -0.15) is 0 Å². The Morgan fingerprint density at radius 2 is 1.46 bits per heavy atom. The molecule has 0 N–H and O–H groups in total. The van der Waals surface area contributed by atoms with Crippen molar-refractivity contribution >= 4 is 15.7 Å². The molecule has 2 aromatic rings. The highest BCUT2D eigenvalue weighted by Crippen LogP contribution is 2.31. The van der Waals surface area contributed by atoms with E-state index in [0.717, 1.165) is 11.1 Å². The fourth-order valence-corrected chi connectivity index (χ4v) is 6.58. The maximum Gasteiger partial charge on any atom is 0.223 e. The van der Waals surface area contributed by atoms with Crippen LogP contribution in [-0.2, 0) is 14.6 Å². The van der Waals surface area contributed by atoms with Crippen LogP contribution in [0.25, 0.3) is 0 Å². The zero-order chi connectivity index (χ0) is 19.7. The molecule has 2 aromatic carbocycles. The second-order valence-electron chi connectivity index (χ2n) is 7.86. The minimum atomic E-state index is -3.10. The lowest BCUT2D eigenvalue weighted by Crippen LogP contribution is -2.59. The summed E-state index contributed by atoms with van der Waals surface area (Å²) in [4.78, 5) is 17.2. The topological polar surface area (TPSA) is 57.7 Å². The Labute approximate surface area is 166 Å². The van der Waals surface area contributed by atoms with E-state index in [0.29, 0.717) is 19.5 Å². The van der Waals surface area contributed by atoms with Gasteiger partial charge in [-0.05, 0) is 18.2 Å². The maximum absolute atomic E-state index is 13.3. The molecular formula is C22H26N2O3S. The fourth-order valence-electron chi connectivity index (χ4n) is 4.53. The molecule has 2 saturated heterocycles. The number of fused-ring (bicyclic) bond motifs is 1. The third-order valence-corrected chi connectivity index (χ3v) is 7.76. The summed E-state index contributed by atoms with van der Waals surface area (Å²) in [5.41, 5.74) is 2.21. The Morgan fingerprint density at radius 3 is 2.04 bits per heavy atom. The van der Waals surface area contributed by atoms with Gasteiger partial charge in [0.15, 0.2) is 9.84 Å². The second-order valence-corrected chi connectivity index (χ2v) is 10.0. The first-order valence-electron chi connectivity index (χ1n) is 9.74.